The fourth-order valence-electron chi connectivity index (χ4n) is 0.975. The largest absolute Gasteiger partial charge is 0.371 e. The van der Waals surface area contributed by atoms with Crippen LogP contribution in [0.5, 0.6) is 0 Å². The number of aliphatic hydroxyl groups is 1. The Morgan fingerprint density at radius 1 is 1.23 bits per heavy atom. The van der Waals surface area contributed by atoms with Crippen molar-refractivity contribution in [1.29, 1.82) is 5.26 Å². The van der Waals surface area contributed by atoms with E-state index in [0.29, 0.717) is 13.2 Å². The predicted octanol–water partition coefficient (Wildman–Crippen LogP) is 1.05. The molecule has 0 amide bonds. The lowest BCUT2D eigenvalue weighted by molar-refractivity contribution is -0.287. The average Bonchev–Trinajstić information content (AvgIpc) is 2.05. The van der Waals surface area contributed by atoms with Crippen molar-refractivity contribution in [2.45, 2.75) is 39.1 Å². The molecule has 13 heavy (non-hydrogen) atoms. The van der Waals surface area contributed by atoms with Gasteiger partial charge in [-0.15, -0.1) is 0 Å². The Kier molecular flexibility index (Phi) is 4.34. The van der Waals surface area contributed by atoms with Crippen LogP contribution in [0.15, 0.2) is 0 Å². The van der Waals surface area contributed by atoms with Gasteiger partial charge in [-0.25, -0.2) is 0 Å². The minimum absolute atomic E-state index is 0.383. The average molecular weight is 187 g/mol. The molecule has 0 aromatic heterocycles. The molecule has 0 rings (SSSR count). The molecular formula is C9H17NO3. The van der Waals surface area contributed by atoms with Crippen LogP contribution < -0.4 is 0 Å². The van der Waals surface area contributed by atoms with Gasteiger partial charge in [0.05, 0.1) is 0 Å². The van der Waals surface area contributed by atoms with E-state index < -0.39 is 11.4 Å². The molecule has 0 saturated carbocycles. The van der Waals surface area contributed by atoms with Crippen molar-refractivity contribution in [2.75, 3.05) is 13.2 Å². The standard InChI is InChI=1S/C9H17NO3/c1-5-12-9(4,13-6-2)8(3,11)7-10/h11H,5-6H2,1-4H3/t8-/m0/s1. The fourth-order valence-corrected chi connectivity index (χ4v) is 0.975. The predicted molar refractivity (Wildman–Crippen MR) is 47.9 cm³/mol. The van der Waals surface area contributed by atoms with E-state index in [-0.39, 0.29) is 0 Å². The van der Waals surface area contributed by atoms with E-state index in [1.807, 2.05) is 0 Å². The Labute approximate surface area is 79.1 Å². The van der Waals surface area contributed by atoms with Gasteiger partial charge in [0.1, 0.15) is 6.07 Å². The molecule has 0 bridgehead atoms. The van der Waals surface area contributed by atoms with Gasteiger partial charge >= 0.3 is 0 Å². The number of rotatable bonds is 5. The summed E-state index contributed by atoms with van der Waals surface area (Å²) in [5.41, 5.74) is -1.64. The Bertz CT molecular complexity index is 190. The van der Waals surface area contributed by atoms with Crippen LogP contribution in [-0.4, -0.2) is 29.7 Å². The molecule has 76 valence electrons. The maximum absolute atomic E-state index is 9.69. The van der Waals surface area contributed by atoms with E-state index in [1.165, 1.54) is 6.92 Å². The summed E-state index contributed by atoms with van der Waals surface area (Å²) < 4.78 is 10.5. The van der Waals surface area contributed by atoms with Gasteiger partial charge < -0.3 is 14.6 Å². The number of nitriles is 1. The number of hydrogen-bond donors (Lipinski definition) is 1. The zero-order valence-electron chi connectivity index (χ0n) is 8.63. The summed E-state index contributed by atoms with van der Waals surface area (Å²) in [7, 11) is 0. The molecule has 1 N–H and O–H groups in total. The van der Waals surface area contributed by atoms with Crippen molar-refractivity contribution in [1.82, 2.24) is 0 Å². The first kappa shape index (κ1) is 12.4. The molecule has 0 aliphatic carbocycles. The summed E-state index contributed by atoms with van der Waals surface area (Å²) in [4.78, 5) is 0. The molecule has 1 atom stereocenters. The van der Waals surface area contributed by atoms with E-state index in [4.69, 9.17) is 14.7 Å². The van der Waals surface area contributed by atoms with Crippen LogP contribution in [0.25, 0.3) is 0 Å². The molecular weight excluding hydrogens is 170 g/mol. The molecule has 0 aromatic rings. The summed E-state index contributed by atoms with van der Waals surface area (Å²) in [5.74, 6) is -1.26. The third-order valence-corrected chi connectivity index (χ3v) is 1.94. The highest BCUT2D eigenvalue weighted by molar-refractivity contribution is 5.05. The number of ether oxygens (including phenoxy) is 2. The molecule has 0 aromatic carbocycles. The van der Waals surface area contributed by atoms with Gasteiger partial charge in [-0.2, -0.15) is 5.26 Å². The summed E-state index contributed by atoms with van der Waals surface area (Å²) >= 11 is 0. The number of nitrogens with zero attached hydrogens (tertiary/aromatic N) is 1. The molecule has 4 heteroatoms. The summed E-state index contributed by atoms with van der Waals surface area (Å²) in [6.07, 6.45) is 0. The summed E-state index contributed by atoms with van der Waals surface area (Å²) in [6.45, 7) is 7.26. The fraction of sp³-hybridized carbons (Fsp3) is 0.889. The summed E-state index contributed by atoms with van der Waals surface area (Å²) in [5, 5.41) is 18.4. The van der Waals surface area contributed by atoms with Gasteiger partial charge in [0, 0.05) is 13.2 Å². The smallest absolute Gasteiger partial charge is 0.208 e. The second-order valence-corrected chi connectivity index (χ2v) is 3.00. The number of hydrogen-bond acceptors (Lipinski definition) is 4. The van der Waals surface area contributed by atoms with Gasteiger partial charge in [0.25, 0.3) is 0 Å². The monoisotopic (exact) mass is 187 g/mol. The van der Waals surface area contributed by atoms with Gasteiger partial charge in [0.2, 0.25) is 11.4 Å². The molecule has 0 heterocycles. The quantitative estimate of drug-likeness (QED) is 0.516. The van der Waals surface area contributed by atoms with Gasteiger partial charge in [-0.1, -0.05) is 0 Å². The second kappa shape index (κ2) is 4.56. The van der Waals surface area contributed by atoms with Gasteiger partial charge in [-0.3, -0.25) is 0 Å². The lowest BCUT2D eigenvalue weighted by atomic mass is 9.98. The Balaban J connectivity index is 4.68. The molecule has 0 radical (unpaired) electrons. The van der Waals surface area contributed by atoms with Crippen LogP contribution in [0.1, 0.15) is 27.7 Å². The Morgan fingerprint density at radius 3 is 1.85 bits per heavy atom. The van der Waals surface area contributed by atoms with E-state index in [2.05, 4.69) is 0 Å². The van der Waals surface area contributed by atoms with Crippen molar-refractivity contribution >= 4 is 0 Å². The maximum Gasteiger partial charge on any atom is 0.208 e. The normalized spacial score (nSPS) is 16.3. The maximum atomic E-state index is 9.69. The van der Waals surface area contributed by atoms with Crippen molar-refractivity contribution in [3.63, 3.8) is 0 Å². The summed E-state index contributed by atoms with van der Waals surface area (Å²) in [6, 6.07) is 1.76. The van der Waals surface area contributed by atoms with Crippen LogP contribution in [0.2, 0.25) is 0 Å². The first-order valence-corrected chi connectivity index (χ1v) is 4.35. The highest BCUT2D eigenvalue weighted by Crippen LogP contribution is 2.26. The van der Waals surface area contributed by atoms with Gasteiger partial charge in [0.15, 0.2) is 0 Å². The van der Waals surface area contributed by atoms with Crippen LogP contribution in [-0.2, 0) is 9.47 Å². The van der Waals surface area contributed by atoms with E-state index in [1.54, 1.807) is 26.8 Å². The minimum Gasteiger partial charge on any atom is -0.371 e. The molecule has 0 unspecified atom stereocenters. The van der Waals surface area contributed by atoms with Crippen molar-refractivity contribution in [3.8, 4) is 6.07 Å². The lowest BCUT2D eigenvalue weighted by Gasteiger charge is -2.36. The Hall–Kier alpha value is -0.630. The molecule has 4 nitrogen and oxygen atoms in total. The van der Waals surface area contributed by atoms with E-state index in [9.17, 15) is 5.11 Å². The molecule has 0 aliphatic heterocycles. The van der Waals surface area contributed by atoms with Gasteiger partial charge in [-0.05, 0) is 27.7 Å². The zero-order valence-corrected chi connectivity index (χ0v) is 8.63. The molecule has 0 aliphatic rings. The Morgan fingerprint density at radius 2 is 1.62 bits per heavy atom. The third kappa shape index (κ3) is 2.66. The lowest BCUT2D eigenvalue weighted by Crippen LogP contribution is -2.53. The first-order valence-electron chi connectivity index (χ1n) is 4.35. The van der Waals surface area contributed by atoms with E-state index in [0.717, 1.165) is 0 Å². The minimum atomic E-state index is -1.64. The van der Waals surface area contributed by atoms with Crippen molar-refractivity contribution in [2.24, 2.45) is 0 Å². The first-order chi connectivity index (χ1) is 5.93. The van der Waals surface area contributed by atoms with Crippen LogP contribution in [0, 0.1) is 11.3 Å². The molecule has 0 saturated heterocycles. The topological polar surface area (TPSA) is 62.5 Å². The SMILES string of the molecule is CCOC(C)(OCC)[C@@](C)(O)C#N. The van der Waals surface area contributed by atoms with Crippen LogP contribution >= 0.6 is 0 Å². The van der Waals surface area contributed by atoms with Crippen molar-refractivity contribution in [3.05, 3.63) is 0 Å². The molecule has 0 fully saturated rings. The second-order valence-electron chi connectivity index (χ2n) is 3.00. The van der Waals surface area contributed by atoms with E-state index >= 15 is 0 Å². The zero-order chi connectivity index (χ0) is 10.5. The third-order valence-electron chi connectivity index (χ3n) is 1.94. The molecule has 0 spiro atoms. The van der Waals surface area contributed by atoms with Crippen LogP contribution in [0.3, 0.4) is 0 Å². The van der Waals surface area contributed by atoms with Crippen molar-refractivity contribution < 1.29 is 14.6 Å². The highest BCUT2D eigenvalue weighted by atomic mass is 16.7. The van der Waals surface area contributed by atoms with Crippen LogP contribution in [0.4, 0.5) is 0 Å². The highest BCUT2D eigenvalue weighted by Gasteiger charge is 2.45.